The first-order chi connectivity index (χ1) is 10.7. The highest BCUT2D eigenvalue weighted by Crippen LogP contribution is 2.22. The average Bonchev–Trinajstić information content (AvgIpc) is 2.94. The SMILES string of the molecule is CCc1ccc(NC(=O)c2cn(CC)c3ccccc23)cc1. The van der Waals surface area contributed by atoms with Gasteiger partial charge in [0.1, 0.15) is 0 Å². The fraction of sp³-hybridized carbons (Fsp3) is 0.211. The fourth-order valence-electron chi connectivity index (χ4n) is 2.71. The molecule has 0 saturated heterocycles. The summed E-state index contributed by atoms with van der Waals surface area (Å²) in [5.74, 6) is -0.0624. The first kappa shape index (κ1) is 14.4. The van der Waals surface area contributed by atoms with Gasteiger partial charge in [0, 0.05) is 29.3 Å². The molecule has 3 nitrogen and oxygen atoms in total. The Morgan fingerprint density at radius 2 is 1.77 bits per heavy atom. The number of aryl methyl sites for hydroxylation is 2. The number of amides is 1. The van der Waals surface area contributed by atoms with Crippen molar-refractivity contribution in [3.05, 3.63) is 65.9 Å². The predicted octanol–water partition coefficient (Wildman–Crippen LogP) is 4.48. The van der Waals surface area contributed by atoms with Crippen molar-refractivity contribution < 1.29 is 4.79 Å². The molecule has 1 aromatic heterocycles. The number of fused-ring (bicyclic) bond motifs is 1. The molecule has 1 heterocycles. The van der Waals surface area contributed by atoms with E-state index in [9.17, 15) is 4.79 Å². The van der Waals surface area contributed by atoms with Crippen LogP contribution in [-0.4, -0.2) is 10.5 Å². The summed E-state index contributed by atoms with van der Waals surface area (Å²) in [5, 5.41) is 3.98. The molecule has 3 heteroatoms. The van der Waals surface area contributed by atoms with Gasteiger partial charge in [0.2, 0.25) is 0 Å². The van der Waals surface area contributed by atoms with E-state index in [1.165, 1.54) is 5.56 Å². The van der Waals surface area contributed by atoms with E-state index in [0.29, 0.717) is 0 Å². The first-order valence-electron chi connectivity index (χ1n) is 7.71. The van der Waals surface area contributed by atoms with Crippen LogP contribution in [-0.2, 0) is 13.0 Å². The minimum Gasteiger partial charge on any atom is -0.347 e. The van der Waals surface area contributed by atoms with Gasteiger partial charge >= 0.3 is 0 Å². The van der Waals surface area contributed by atoms with Gasteiger partial charge in [-0.25, -0.2) is 0 Å². The lowest BCUT2D eigenvalue weighted by atomic mass is 10.1. The van der Waals surface area contributed by atoms with Gasteiger partial charge in [-0.05, 0) is 37.1 Å². The summed E-state index contributed by atoms with van der Waals surface area (Å²) >= 11 is 0. The Labute approximate surface area is 130 Å². The van der Waals surface area contributed by atoms with Gasteiger partial charge in [0.05, 0.1) is 5.56 Å². The normalized spacial score (nSPS) is 10.8. The van der Waals surface area contributed by atoms with Gasteiger partial charge in [0.15, 0.2) is 0 Å². The molecule has 0 bridgehead atoms. The zero-order valence-electron chi connectivity index (χ0n) is 13.0. The van der Waals surface area contributed by atoms with E-state index >= 15 is 0 Å². The summed E-state index contributed by atoms with van der Waals surface area (Å²) in [6.45, 7) is 5.05. The van der Waals surface area contributed by atoms with Crippen molar-refractivity contribution in [1.82, 2.24) is 4.57 Å². The number of rotatable bonds is 4. The van der Waals surface area contributed by atoms with Crippen molar-refractivity contribution in [1.29, 1.82) is 0 Å². The highest BCUT2D eigenvalue weighted by molar-refractivity contribution is 6.13. The number of hydrogen-bond acceptors (Lipinski definition) is 1. The molecule has 22 heavy (non-hydrogen) atoms. The van der Waals surface area contributed by atoms with Crippen LogP contribution in [0.25, 0.3) is 10.9 Å². The van der Waals surface area contributed by atoms with Crippen molar-refractivity contribution in [2.45, 2.75) is 26.8 Å². The predicted molar refractivity (Wildman–Crippen MR) is 91.4 cm³/mol. The molecule has 112 valence electrons. The maximum Gasteiger partial charge on any atom is 0.257 e. The number of nitrogens with zero attached hydrogens (tertiary/aromatic N) is 1. The van der Waals surface area contributed by atoms with Gasteiger partial charge < -0.3 is 9.88 Å². The van der Waals surface area contributed by atoms with Crippen molar-refractivity contribution in [2.24, 2.45) is 0 Å². The van der Waals surface area contributed by atoms with Gasteiger partial charge in [-0.3, -0.25) is 4.79 Å². The third-order valence-corrected chi connectivity index (χ3v) is 3.99. The molecule has 0 aliphatic heterocycles. The number of carbonyl (C=O) groups is 1. The Bertz CT molecular complexity index is 800. The quantitative estimate of drug-likeness (QED) is 0.756. The molecule has 2 aromatic carbocycles. The maximum absolute atomic E-state index is 12.6. The molecule has 0 saturated carbocycles. The largest absolute Gasteiger partial charge is 0.347 e. The maximum atomic E-state index is 12.6. The van der Waals surface area contributed by atoms with Crippen molar-refractivity contribution >= 4 is 22.5 Å². The fourth-order valence-corrected chi connectivity index (χ4v) is 2.71. The van der Waals surface area contributed by atoms with Crippen molar-refractivity contribution in [3.8, 4) is 0 Å². The van der Waals surface area contributed by atoms with Crippen LogP contribution in [0.2, 0.25) is 0 Å². The number of para-hydroxylation sites is 1. The summed E-state index contributed by atoms with van der Waals surface area (Å²) in [7, 11) is 0. The van der Waals surface area contributed by atoms with Crippen LogP contribution >= 0.6 is 0 Å². The highest BCUT2D eigenvalue weighted by atomic mass is 16.1. The van der Waals surface area contributed by atoms with E-state index in [4.69, 9.17) is 0 Å². The summed E-state index contributed by atoms with van der Waals surface area (Å²) in [6, 6.07) is 16.0. The lowest BCUT2D eigenvalue weighted by Crippen LogP contribution is -2.11. The zero-order chi connectivity index (χ0) is 15.5. The number of anilines is 1. The summed E-state index contributed by atoms with van der Waals surface area (Å²) in [4.78, 5) is 12.6. The number of carbonyl (C=O) groups excluding carboxylic acids is 1. The molecule has 0 spiro atoms. The molecular weight excluding hydrogens is 272 g/mol. The number of hydrogen-bond donors (Lipinski definition) is 1. The minimum absolute atomic E-state index is 0.0624. The molecule has 3 rings (SSSR count). The van der Waals surface area contributed by atoms with Crippen LogP contribution in [0.1, 0.15) is 29.8 Å². The number of aromatic nitrogens is 1. The van der Waals surface area contributed by atoms with Crippen molar-refractivity contribution in [3.63, 3.8) is 0 Å². The van der Waals surface area contributed by atoms with Gasteiger partial charge in [-0.1, -0.05) is 37.3 Å². The van der Waals surface area contributed by atoms with Crippen LogP contribution in [0.15, 0.2) is 54.7 Å². The Kier molecular flexibility index (Phi) is 3.96. The molecule has 1 N–H and O–H groups in total. The van der Waals surface area contributed by atoms with Crippen molar-refractivity contribution in [2.75, 3.05) is 5.32 Å². The Morgan fingerprint density at radius 1 is 1.05 bits per heavy atom. The number of benzene rings is 2. The molecule has 0 aliphatic rings. The Balaban J connectivity index is 1.91. The smallest absolute Gasteiger partial charge is 0.257 e. The second kappa shape index (κ2) is 6.06. The lowest BCUT2D eigenvalue weighted by Gasteiger charge is -2.05. The zero-order valence-corrected chi connectivity index (χ0v) is 13.0. The van der Waals surface area contributed by atoms with E-state index < -0.39 is 0 Å². The van der Waals surface area contributed by atoms with Crippen LogP contribution in [0.5, 0.6) is 0 Å². The third-order valence-electron chi connectivity index (χ3n) is 3.99. The Morgan fingerprint density at radius 3 is 2.45 bits per heavy atom. The molecule has 3 aromatic rings. The molecule has 0 unspecified atom stereocenters. The molecule has 0 radical (unpaired) electrons. The van der Waals surface area contributed by atoms with Crippen LogP contribution < -0.4 is 5.32 Å². The number of nitrogens with one attached hydrogen (secondary N) is 1. The van der Waals surface area contributed by atoms with Gasteiger partial charge in [0.25, 0.3) is 5.91 Å². The van der Waals surface area contributed by atoms with E-state index in [2.05, 4.69) is 23.7 Å². The second-order valence-electron chi connectivity index (χ2n) is 5.35. The van der Waals surface area contributed by atoms with E-state index in [-0.39, 0.29) is 5.91 Å². The average molecular weight is 292 g/mol. The molecule has 0 atom stereocenters. The van der Waals surface area contributed by atoms with Gasteiger partial charge in [-0.2, -0.15) is 0 Å². The standard InChI is InChI=1S/C19H20N2O/c1-3-14-9-11-15(12-10-14)20-19(22)17-13-21(4-2)18-8-6-5-7-16(17)18/h5-13H,3-4H2,1-2H3,(H,20,22). The second-order valence-corrected chi connectivity index (χ2v) is 5.35. The summed E-state index contributed by atoms with van der Waals surface area (Å²) in [6.07, 6.45) is 2.93. The first-order valence-corrected chi connectivity index (χ1v) is 7.71. The third kappa shape index (κ3) is 2.62. The topological polar surface area (TPSA) is 34.0 Å². The Hall–Kier alpha value is -2.55. The molecule has 0 fully saturated rings. The minimum atomic E-state index is -0.0624. The molecule has 0 aliphatic carbocycles. The lowest BCUT2D eigenvalue weighted by molar-refractivity contribution is 0.102. The summed E-state index contributed by atoms with van der Waals surface area (Å²) in [5.41, 5.74) is 3.91. The van der Waals surface area contributed by atoms with E-state index in [1.807, 2.05) is 54.7 Å². The van der Waals surface area contributed by atoms with E-state index in [1.54, 1.807) is 0 Å². The highest BCUT2D eigenvalue weighted by Gasteiger charge is 2.14. The van der Waals surface area contributed by atoms with Gasteiger partial charge in [-0.15, -0.1) is 0 Å². The van der Waals surface area contributed by atoms with E-state index in [0.717, 1.165) is 35.1 Å². The van der Waals surface area contributed by atoms with Crippen LogP contribution in [0.4, 0.5) is 5.69 Å². The molecular formula is C19H20N2O. The molecule has 1 amide bonds. The summed E-state index contributed by atoms with van der Waals surface area (Å²) < 4.78 is 2.10. The van der Waals surface area contributed by atoms with Crippen LogP contribution in [0.3, 0.4) is 0 Å². The monoisotopic (exact) mass is 292 g/mol. The van der Waals surface area contributed by atoms with Crippen LogP contribution in [0, 0.1) is 0 Å².